The van der Waals surface area contributed by atoms with Crippen molar-refractivity contribution in [3.05, 3.63) is 38.9 Å². The van der Waals surface area contributed by atoms with Crippen molar-refractivity contribution in [3.8, 4) is 0 Å². The van der Waals surface area contributed by atoms with Crippen LogP contribution in [0.5, 0.6) is 0 Å². The van der Waals surface area contributed by atoms with Crippen molar-refractivity contribution in [2.75, 3.05) is 20.1 Å². The summed E-state index contributed by atoms with van der Waals surface area (Å²) >= 11 is 5.78. The average Bonchev–Trinajstić information content (AvgIpc) is 2.42. The topological polar surface area (TPSA) is 75.5 Å². The molecule has 0 radical (unpaired) electrons. The van der Waals surface area contributed by atoms with Gasteiger partial charge in [0.1, 0.15) is 10.6 Å². The van der Waals surface area contributed by atoms with Crippen LogP contribution in [0.3, 0.4) is 0 Å². The Morgan fingerprint density at radius 3 is 2.71 bits per heavy atom. The quantitative estimate of drug-likeness (QED) is 0.477. The van der Waals surface area contributed by atoms with Crippen LogP contribution in [0, 0.1) is 10.1 Å². The minimum absolute atomic E-state index is 0.00952. The predicted molar refractivity (Wildman–Crippen MR) is 82.8 cm³/mol. The highest BCUT2D eigenvalue weighted by molar-refractivity contribution is 6.33. The molecule has 1 aromatic rings. The number of amides is 1. The van der Waals surface area contributed by atoms with Gasteiger partial charge in [-0.3, -0.25) is 14.9 Å². The van der Waals surface area contributed by atoms with E-state index in [1.54, 1.807) is 0 Å². The number of nitrogens with one attached hydrogen (secondary N) is 1. The first-order chi connectivity index (χ1) is 9.84. The molecule has 0 fully saturated rings. The molecule has 0 saturated carbocycles. The molecule has 1 rings (SSSR count). The Morgan fingerprint density at radius 2 is 2.14 bits per heavy atom. The lowest BCUT2D eigenvalue weighted by molar-refractivity contribution is -0.385. The number of hydrogen-bond donors (Lipinski definition) is 1. The van der Waals surface area contributed by atoms with Crippen LogP contribution in [0.2, 0.25) is 5.02 Å². The summed E-state index contributed by atoms with van der Waals surface area (Å²) in [5, 5.41) is 13.6. The molecular weight excluding hydrogens is 294 g/mol. The highest BCUT2D eigenvalue weighted by Gasteiger charge is 2.23. The van der Waals surface area contributed by atoms with E-state index < -0.39 is 10.8 Å². The molecule has 1 amide bonds. The van der Waals surface area contributed by atoms with Gasteiger partial charge in [-0.05, 0) is 46.0 Å². The van der Waals surface area contributed by atoms with Crippen LogP contribution in [-0.2, 0) is 0 Å². The third-order valence-electron chi connectivity index (χ3n) is 3.27. The van der Waals surface area contributed by atoms with E-state index in [9.17, 15) is 14.9 Å². The molecule has 0 unspecified atom stereocenters. The SMILES string of the molecule is CC(C)N(C)CCCNC(=O)c1cccc(Cl)c1[N+](=O)[O-]. The summed E-state index contributed by atoms with van der Waals surface area (Å²) < 4.78 is 0. The van der Waals surface area contributed by atoms with E-state index in [0.29, 0.717) is 12.6 Å². The average molecular weight is 314 g/mol. The van der Waals surface area contributed by atoms with E-state index in [2.05, 4.69) is 24.1 Å². The minimum Gasteiger partial charge on any atom is -0.352 e. The lowest BCUT2D eigenvalue weighted by atomic mass is 10.1. The number of rotatable bonds is 7. The number of hydrogen-bond acceptors (Lipinski definition) is 4. The number of nitrogens with zero attached hydrogens (tertiary/aromatic N) is 2. The van der Waals surface area contributed by atoms with Gasteiger partial charge in [-0.2, -0.15) is 0 Å². The largest absolute Gasteiger partial charge is 0.352 e. The first-order valence-electron chi connectivity index (χ1n) is 6.76. The van der Waals surface area contributed by atoms with Crippen molar-refractivity contribution in [2.45, 2.75) is 26.3 Å². The number of halogens is 1. The molecule has 7 heteroatoms. The van der Waals surface area contributed by atoms with Crippen molar-refractivity contribution < 1.29 is 9.72 Å². The summed E-state index contributed by atoms with van der Waals surface area (Å²) in [5.41, 5.74) is -0.360. The van der Waals surface area contributed by atoms with Crippen molar-refractivity contribution in [1.82, 2.24) is 10.2 Å². The molecule has 116 valence electrons. The molecule has 0 heterocycles. The zero-order valence-electron chi connectivity index (χ0n) is 12.4. The van der Waals surface area contributed by atoms with Crippen LogP contribution in [0.4, 0.5) is 5.69 Å². The van der Waals surface area contributed by atoms with Crippen LogP contribution >= 0.6 is 11.6 Å². The number of nitro groups is 1. The van der Waals surface area contributed by atoms with Crippen LogP contribution in [0.25, 0.3) is 0 Å². The highest BCUT2D eigenvalue weighted by Crippen LogP contribution is 2.27. The fraction of sp³-hybridized carbons (Fsp3) is 0.500. The van der Waals surface area contributed by atoms with E-state index >= 15 is 0 Å². The van der Waals surface area contributed by atoms with Gasteiger partial charge in [0.2, 0.25) is 0 Å². The van der Waals surface area contributed by atoms with Gasteiger partial charge in [0.15, 0.2) is 0 Å². The minimum atomic E-state index is -0.635. The summed E-state index contributed by atoms with van der Waals surface area (Å²) in [4.78, 5) is 24.5. The lowest BCUT2D eigenvalue weighted by Gasteiger charge is -2.20. The Labute approximate surface area is 129 Å². The van der Waals surface area contributed by atoms with Crippen LogP contribution in [0.15, 0.2) is 18.2 Å². The first kappa shape index (κ1) is 17.4. The van der Waals surface area contributed by atoms with E-state index in [-0.39, 0.29) is 16.3 Å². The number of benzene rings is 1. The van der Waals surface area contributed by atoms with Crippen LogP contribution in [0.1, 0.15) is 30.6 Å². The summed E-state index contributed by atoms with van der Waals surface area (Å²) in [7, 11) is 2.01. The molecule has 0 aliphatic heterocycles. The molecule has 0 bridgehead atoms. The number of nitro benzene ring substituents is 1. The van der Waals surface area contributed by atoms with E-state index in [1.807, 2.05) is 7.05 Å². The highest BCUT2D eigenvalue weighted by atomic mass is 35.5. The fourth-order valence-electron chi connectivity index (χ4n) is 1.77. The normalized spacial score (nSPS) is 11.0. The molecule has 0 aliphatic rings. The van der Waals surface area contributed by atoms with E-state index in [1.165, 1.54) is 18.2 Å². The zero-order valence-corrected chi connectivity index (χ0v) is 13.2. The maximum absolute atomic E-state index is 12.0. The monoisotopic (exact) mass is 313 g/mol. The Morgan fingerprint density at radius 1 is 1.48 bits per heavy atom. The van der Waals surface area contributed by atoms with Crippen LogP contribution in [-0.4, -0.2) is 41.9 Å². The molecule has 1 N–H and O–H groups in total. The van der Waals surface area contributed by atoms with Gasteiger partial charge in [0, 0.05) is 12.6 Å². The predicted octanol–water partition coefficient (Wildman–Crippen LogP) is 2.71. The second-order valence-corrected chi connectivity index (χ2v) is 5.48. The smallest absolute Gasteiger partial charge is 0.300 e. The summed E-state index contributed by atoms with van der Waals surface area (Å²) in [6, 6.07) is 4.76. The Hall–Kier alpha value is -1.66. The van der Waals surface area contributed by atoms with E-state index in [4.69, 9.17) is 11.6 Å². The number of carbonyl (C=O) groups is 1. The molecule has 0 aromatic heterocycles. The van der Waals surface area contributed by atoms with Gasteiger partial charge in [-0.15, -0.1) is 0 Å². The molecule has 0 spiro atoms. The number of carbonyl (C=O) groups excluding carboxylic acids is 1. The van der Waals surface area contributed by atoms with Crippen molar-refractivity contribution >= 4 is 23.2 Å². The zero-order chi connectivity index (χ0) is 16.0. The molecule has 0 atom stereocenters. The fourth-order valence-corrected chi connectivity index (χ4v) is 2.01. The molecule has 21 heavy (non-hydrogen) atoms. The van der Waals surface area contributed by atoms with Gasteiger partial charge in [-0.1, -0.05) is 17.7 Å². The first-order valence-corrected chi connectivity index (χ1v) is 7.13. The lowest BCUT2D eigenvalue weighted by Crippen LogP contribution is -2.31. The summed E-state index contributed by atoms with van der Waals surface area (Å²) in [5.74, 6) is -0.476. The summed E-state index contributed by atoms with van der Waals surface area (Å²) in [6.07, 6.45) is 0.773. The molecule has 1 aromatic carbocycles. The molecule has 6 nitrogen and oxygen atoms in total. The Kier molecular flexibility index (Phi) is 6.58. The Bertz CT molecular complexity index is 520. The van der Waals surface area contributed by atoms with Gasteiger partial charge in [0.25, 0.3) is 5.91 Å². The molecular formula is C14H20ClN3O3. The third kappa shape index (κ3) is 4.99. The number of para-hydroxylation sites is 1. The molecule has 0 saturated heterocycles. The second-order valence-electron chi connectivity index (χ2n) is 5.08. The second kappa shape index (κ2) is 7.95. The van der Waals surface area contributed by atoms with Gasteiger partial charge in [0.05, 0.1) is 4.92 Å². The standard InChI is InChI=1S/C14H20ClN3O3/c1-10(2)17(3)9-5-8-16-14(19)11-6-4-7-12(15)13(11)18(20)21/h4,6-7,10H,5,8-9H2,1-3H3,(H,16,19). The van der Waals surface area contributed by atoms with E-state index in [0.717, 1.165) is 13.0 Å². The Balaban J connectivity index is 2.61. The van der Waals surface area contributed by atoms with Gasteiger partial charge >= 0.3 is 5.69 Å². The maximum Gasteiger partial charge on any atom is 0.300 e. The third-order valence-corrected chi connectivity index (χ3v) is 3.57. The molecule has 0 aliphatic carbocycles. The summed E-state index contributed by atoms with van der Waals surface area (Å²) in [6.45, 7) is 5.48. The van der Waals surface area contributed by atoms with Crippen molar-refractivity contribution in [3.63, 3.8) is 0 Å². The van der Waals surface area contributed by atoms with Gasteiger partial charge in [-0.25, -0.2) is 0 Å². The van der Waals surface area contributed by atoms with Crippen molar-refractivity contribution in [1.29, 1.82) is 0 Å². The maximum atomic E-state index is 12.0. The van der Waals surface area contributed by atoms with Crippen molar-refractivity contribution in [2.24, 2.45) is 0 Å². The van der Waals surface area contributed by atoms with Gasteiger partial charge < -0.3 is 10.2 Å². The van der Waals surface area contributed by atoms with Crippen LogP contribution < -0.4 is 5.32 Å².